The van der Waals surface area contributed by atoms with E-state index in [1.54, 1.807) is 23.1 Å². The van der Waals surface area contributed by atoms with Gasteiger partial charge in [0.1, 0.15) is 4.90 Å². The van der Waals surface area contributed by atoms with Crippen molar-refractivity contribution in [3.63, 3.8) is 0 Å². The van der Waals surface area contributed by atoms with Gasteiger partial charge in [-0.25, -0.2) is 0 Å². The summed E-state index contributed by atoms with van der Waals surface area (Å²) < 4.78 is 41.7. The number of benzene rings is 2. The van der Waals surface area contributed by atoms with Crippen LogP contribution < -0.4 is 8.92 Å². The highest BCUT2D eigenvalue weighted by Gasteiger charge is 2.23. The van der Waals surface area contributed by atoms with Gasteiger partial charge in [-0.15, -0.1) is 0 Å². The molecule has 0 spiro atoms. The SMILES string of the molecule is COc1ccc(CN(C[C@H]2CCCO2)C(C)=O)cc1OS(=O)(=O)c1ccc(Cl)c(Cl)c1. The predicted octanol–water partition coefficient (Wildman–Crippen LogP) is 4.30. The first-order valence-corrected chi connectivity index (χ1v) is 11.8. The van der Waals surface area contributed by atoms with Crippen LogP contribution in [0, 0.1) is 0 Å². The minimum Gasteiger partial charge on any atom is -0.493 e. The number of carbonyl (C=O) groups is 1. The summed E-state index contributed by atoms with van der Waals surface area (Å²) in [7, 11) is -2.78. The molecule has 0 bridgehead atoms. The average molecular weight is 488 g/mol. The summed E-state index contributed by atoms with van der Waals surface area (Å²) in [6.45, 7) is 2.94. The van der Waals surface area contributed by atoms with Crippen molar-refractivity contribution in [1.82, 2.24) is 4.90 Å². The van der Waals surface area contributed by atoms with Crippen LogP contribution in [-0.4, -0.2) is 45.6 Å². The van der Waals surface area contributed by atoms with Gasteiger partial charge in [0.05, 0.1) is 23.3 Å². The molecule has 0 saturated carbocycles. The van der Waals surface area contributed by atoms with E-state index in [2.05, 4.69) is 0 Å². The minimum atomic E-state index is -4.19. The van der Waals surface area contributed by atoms with E-state index in [0.717, 1.165) is 12.8 Å². The van der Waals surface area contributed by atoms with Crippen molar-refractivity contribution in [3.05, 3.63) is 52.0 Å². The van der Waals surface area contributed by atoms with Crippen molar-refractivity contribution in [2.45, 2.75) is 37.3 Å². The summed E-state index contributed by atoms with van der Waals surface area (Å²) in [4.78, 5) is 13.6. The molecule has 2 aromatic carbocycles. The molecule has 0 unspecified atom stereocenters. The van der Waals surface area contributed by atoms with E-state index in [1.807, 2.05) is 0 Å². The molecule has 0 aromatic heterocycles. The van der Waals surface area contributed by atoms with E-state index in [4.69, 9.17) is 36.9 Å². The van der Waals surface area contributed by atoms with Gasteiger partial charge in [-0.2, -0.15) is 8.42 Å². The summed E-state index contributed by atoms with van der Waals surface area (Å²) in [6.07, 6.45) is 1.89. The van der Waals surface area contributed by atoms with Crippen LogP contribution in [0.15, 0.2) is 41.3 Å². The van der Waals surface area contributed by atoms with Gasteiger partial charge in [0.15, 0.2) is 11.5 Å². The van der Waals surface area contributed by atoms with Crippen molar-refractivity contribution in [2.75, 3.05) is 20.3 Å². The molecule has 0 radical (unpaired) electrons. The van der Waals surface area contributed by atoms with Crippen LogP contribution in [0.5, 0.6) is 11.5 Å². The Morgan fingerprint density at radius 2 is 1.94 bits per heavy atom. The minimum absolute atomic E-state index is 0.00620. The molecular formula is C21H23Cl2NO6S. The van der Waals surface area contributed by atoms with E-state index < -0.39 is 10.1 Å². The Morgan fingerprint density at radius 3 is 2.55 bits per heavy atom. The Kier molecular flexibility index (Phi) is 7.69. The first kappa shape index (κ1) is 23.7. The van der Waals surface area contributed by atoms with E-state index in [9.17, 15) is 13.2 Å². The number of carbonyl (C=O) groups excluding carboxylic acids is 1. The maximum Gasteiger partial charge on any atom is 0.339 e. The van der Waals surface area contributed by atoms with E-state index in [-0.39, 0.29) is 45.0 Å². The molecule has 7 nitrogen and oxygen atoms in total. The highest BCUT2D eigenvalue weighted by atomic mass is 35.5. The maximum atomic E-state index is 12.7. The molecule has 3 rings (SSSR count). The number of halogens is 2. The lowest BCUT2D eigenvalue weighted by atomic mass is 10.1. The fourth-order valence-electron chi connectivity index (χ4n) is 3.24. The second kappa shape index (κ2) is 10.1. The molecule has 1 aliphatic heterocycles. The fourth-order valence-corrected chi connectivity index (χ4v) is 4.56. The Labute approximate surface area is 191 Å². The monoisotopic (exact) mass is 487 g/mol. The number of hydrogen-bond donors (Lipinski definition) is 0. The Bertz CT molecular complexity index is 1050. The van der Waals surface area contributed by atoms with Crippen LogP contribution in [0.3, 0.4) is 0 Å². The highest BCUT2D eigenvalue weighted by molar-refractivity contribution is 7.87. The Balaban J connectivity index is 1.83. The smallest absolute Gasteiger partial charge is 0.339 e. The lowest BCUT2D eigenvalue weighted by Gasteiger charge is -2.24. The molecule has 0 N–H and O–H groups in total. The molecule has 1 aliphatic rings. The van der Waals surface area contributed by atoms with Crippen LogP contribution in [0.1, 0.15) is 25.3 Å². The molecule has 2 aromatic rings. The number of rotatable bonds is 8. The van der Waals surface area contributed by atoms with Crippen molar-refractivity contribution in [3.8, 4) is 11.5 Å². The molecule has 1 fully saturated rings. The lowest BCUT2D eigenvalue weighted by Crippen LogP contribution is -2.35. The summed E-state index contributed by atoms with van der Waals surface area (Å²) in [6, 6.07) is 8.79. The molecule has 1 heterocycles. The van der Waals surface area contributed by atoms with Gasteiger partial charge in [-0.1, -0.05) is 29.3 Å². The van der Waals surface area contributed by atoms with E-state index in [1.165, 1.54) is 32.2 Å². The van der Waals surface area contributed by atoms with Gasteiger partial charge in [0, 0.05) is 26.6 Å². The van der Waals surface area contributed by atoms with Crippen LogP contribution >= 0.6 is 23.2 Å². The zero-order valence-electron chi connectivity index (χ0n) is 17.1. The van der Waals surface area contributed by atoms with Crippen molar-refractivity contribution < 1.29 is 26.9 Å². The molecule has 168 valence electrons. The number of nitrogens with zero attached hydrogens (tertiary/aromatic N) is 1. The van der Waals surface area contributed by atoms with E-state index >= 15 is 0 Å². The van der Waals surface area contributed by atoms with Crippen LogP contribution in [-0.2, 0) is 26.2 Å². The summed E-state index contributed by atoms with van der Waals surface area (Å²) in [5.74, 6) is 0.143. The van der Waals surface area contributed by atoms with Gasteiger partial charge in [0.2, 0.25) is 5.91 Å². The Morgan fingerprint density at radius 1 is 1.16 bits per heavy atom. The fraction of sp³-hybridized carbons (Fsp3) is 0.381. The van der Waals surface area contributed by atoms with Crippen LogP contribution in [0.4, 0.5) is 0 Å². The van der Waals surface area contributed by atoms with Gasteiger partial charge in [-0.05, 0) is 48.7 Å². The lowest BCUT2D eigenvalue weighted by molar-refractivity contribution is -0.131. The standard InChI is InChI=1S/C21H23Cl2NO6S/c1-14(25)24(13-16-4-3-9-29-16)12-15-5-8-20(28-2)21(10-15)30-31(26,27)17-6-7-18(22)19(23)11-17/h5-8,10-11,16H,3-4,9,12-13H2,1-2H3/t16-/m1/s1. The third kappa shape index (κ3) is 6.04. The van der Waals surface area contributed by atoms with Crippen LogP contribution in [0.25, 0.3) is 0 Å². The third-order valence-electron chi connectivity index (χ3n) is 4.87. The van der Waals surface area contributed by atoms with E-state index in [0.29, 0.717) is 18.7 Å². The largest absolute Gasteiger partial charge is 0.493 e. The highest BCUT2D eigenvalue weighted by Crippen LogP contribution is 2.33. The van der Waals surface area contributed by atoms with Crippen molar-refractivity contribution >= 4 is 39.2 Å². The van der Waals surface area contributed by atoms with Crippen LogP contribution in [0.2, 0.25) is 10.0 Å². The molecule has 31 heavy (non-hydrogen) atoms. The summed E-state index contributed by atoms with van der Waals surface area (Å²) in [5.41, 5.74) is 0.688. The van der Waals surface area contributed by atoms with Crippen molar-refractivity contribution in [1.29, 1.82) is 0 Å². The van der Waals surface area contributed by atoms with Gasteiger partial charge >= 0.3 is 10.1 Å². The molecule has 1 saturated heterocycles. The summed E-state index contributed by atoms with van der Waals surface area (Å²) in [5, 5.41) is 0.328. The number of ether oxygens (including phenoxy) is 2. The second-order valence-corrected chi connectivity index (χ2v) is 9.49. The molecule has 10 heteroatoms. The number of methoxy groups -OCH3 is 1. The zero-order valence-corrected chi connectivity index (χ0v) is 19.5. The maximum absolute atomic E-state index is 12.7. The molecule has 0 aliphatic carbocycles. The quantitative estimate of drug-likeness (QED) is 0.516. The third-order valence-corrected chi connectivity index (χ3v) is 6.84. The molecule has 1 atom stereocenters. The normalized spacial score (nSPS) is 16.2. The van der Waals surface area contributed by atoms with Gasteiger partial charge in [-0.3, -0.25) is 4.79 Å². The van der Waals surface area contributed by atoms with Gasteiger partial charge < -0.3 is 18.6 Å². The second-order valence-electron chi connectivity index (χ2n) is 7.13. The molecule has 1 amide bonds. The Hall–Kier alpha value is -2.00. The number of amides is 1. The topological polar surface area (TPSA) is 82.1 Å². The summed E-state index contributed by atoms with van der Waals surface area (Å²) >= 11 is 11.8. The van der Waals surface area contributed by atoms with Crippen molar-refractivity contribution in [2.24, 2.45) is 0 Å². The van der Waals surface area contributed by atoms with Gasteiger partial charge in [0.25, 0.3) is 0 Å². The first-order valence-electron chi connectivity index (χ1n) is 9.63. The molecular weight excluding hydrogens is 465 g/mol. The first-order chi connectivity index (χ1) is 14.7. The average Bonchev–Trinajstić information content (AvgIpc) is 3.22. The number of hydrogen-bond acceptors (Lipinski definition) is 6. The zero-order chi connectivity index (χ0) is 22.6. The predicted molar refractivity (Wildman–Crippen MR) is 117 cm³/mol.